The van der Waals surface area contributed by atoms with Crippen molar-refractivity contribution in [3.63, 3.8) is 0 Å². The van der Waals surface area contributed by atoms with Crippen LogP contribution < -0.4 is 10.1 Å². The van der Waals surface area contributed by atoms with Gasteiger partial charge in [0.05, 0.1) is 19.3 Å². The lowest BCUT2D eigenvalue weighted by Crippen LogP contribution is -2.43. The van der Waals surface area contributed by atoms with Crippen molar-refractivity contribution in [1.29, 1.82) is 0 Å². The first-order chi connectivity index (χ1) is 13.5. The standard InChI is InChI=1S/C21H32N6O/c1-22-21(27-10-9-17(15-27)18-12-24-26(4)14-18)23-13-20(25(2)3)16-7-6-8-19(11-16)28-5/h6-8,11-12,14,17,20H,9-10,13,15H2,1-5H3,(H,22,23). The number of guanidine groups is 1. The van der Waals surface area contributed by atoms with Crippen molar-refractivity contribution in [2.75, 3.05) is 47.9 Å². The molecule has 0 bridgehead atoms. The van der Waals surface area contributed by atoms with E-state index in [0.29, 0.717) is 5.92 Å². The Hall–Kier alpha value is -2.54. The summed E-state index contributed by atoms with van der Waals surface area (Å²) in [6.45, 7) is 2.75. The molecule has 1 N–H and O–H groups in total. The zero-order valence-electron chi connectivity index (χ0n) is 17.6. The summed E-state index contributed by atoms with van der Waals surface area (Å²) < 4.78 is 7.27. The maximum atomic E-state index is 5.39. The molecule has 0 spiro atoms. The third-order valence-corrected chi connectivity index (χ3v) is 5.45. The lowest BCUT2D eigenvalue weighted by molar-refractivity contribution is 0.294. The molecular formula is C21H32N6O. The zero-order valence-corrected chi connectivity index (χ0v) is 17.6. The van der Waals surface area contributed by atoms with Gasteiger partial charge in [0.2, 0.25) is 0 Å². The molecule has 1 aliphatic rings. The molecular weight excluding hydrogens is 352 g/mol. The lowest BCUT2D eigenvalue weighted by atomic mass is 10.0. The van der Waals surface area contributed by atoms with Crippen LogP contribution in [-0.4, -0.2) is 73.4 Å². The summed E-state index contributed by atoms with van der Waals surface area (Å²) >= 11 is 0. The second kappa shape index (κ2) is 9.10. The molecule has 2 atom stereocenters. The number of aromatic nitrogens is 2. The van der Waals surface area contributed by atoms with Gasteiger partial charge in [-0.1, -0.05) is 12.1 Å². The number of likely N-dealkylation sites (N-methyl/N-ethyl adjacent to an activating group) is 1. The van der Waals surface area contributed by atoms with Crippen molar-refractivity contribution in [2.45, 2.75) is 18.4 Å². The fraction of sp³-hybridized carbons (Fsp3) is 0.524. The van der Waals surface area contributed by atoms with Crippen LogP contribution in [0.2, 0.25) is 0 Å². The Morgan fingerprint density at radius 2 is 2.25 bits per heavy atom. The minimum absolute atomic E-state index is 0.226. The fourth-order valence-electron chi connectivity index (χ4n) is 3.84. The molecule has 0 amide bonds. The summed E-state index contributed by atoms with van der Waals surface area (Å²) in [7, 11) is 9.73. The van der Waals surface area contributed by atoms with Crippen LogP contribution >= 0.6 is 0 Å². The van der Waals surface area contributed by atoms with Crippen molar-refractivity contribution in [1.82, 2.24) is 24.9 Å². The molecule has 2 aromatic rings. The maximum absolute atomic E-state index is 5.39. The van der Waals surface area contributed by atoms with Crippen LogP contribution in [0.25, 0.3) is 0 Å². The number of benzene rings is 1. The van der Waals surface area contributed by atoms with E-state index >= 15 is 0 Å². The van der Waals surface area contributed by atoms with Crippen molar-refractivity contribution < 1.29 is 4.74 Å². The van der Waals surface area contributed by atoms with E-state index in [2.05, 4.69) is 57.6 Å². The molecule has 0 saturated carbocycles. The number of ether oxygens (including phenoxy) is 1. The van der Waals surface area contributed by atoms with E-state index in [-0.39, 0.29) is 6.04 Å². The second-order valence-corrected chi connectivity index (χ2v) is 7.56. The topological polar surface area (TPSA) is 57.9 Å². The Morgan fingerprint density at radius 1 is 1.43 bits per heavy atom. The molecule has 1 fully saturated rings. The monoisotopic (exact) mass is 384 g/mol. The second-order valence-electron chi connectivity index (χ2n) is 7.56. The van der Waals surface area contributed by atoms with Gasteiger partial charge in [-0.15, -0.1) is 0 Å². The van der Waals surface area contributed by atoms with Gasteiger partial charge in [0, 0.05) is 45.8 Å². The number of aliphatic imine (C=N–C) groups is 1. The van der Waals surface area contributed by atoms with Crippen molar-refractivity contribution in [2.24, 2.45) is 12.0 Å². The molecule has 2 unspecified atom stereocenters. The Balaban J connectivity index is 1.63. The van der Waals surface area contributed by atoms with Gasteiger partial charge in [-0.25, -0.2) is 0 Å². The molecule has 28 heavy (non-hydrogen) atoms. The van der Waals surface area contributed by atoms with E-state index in [4.69, 9.17) is 4.74 Å². The first-order valence-corrected chi connectivity index (χ1v) is 9.76. The predicted octanol–water partition coefficient (Wildman–Crippen LogP) is 2.10. The molecule has 0 aliphatic carbocycles. The van der Waals surface area contributed by atoms with Gasteiger partial charge in [-0.3, -0.25) is 9.67 Å². The average molecular weight is 385 g/mol. The van der Waals surface area contributed by atoms with Crippen LogP contribution in [-0.2, 0) is 7.05 Å². The largest absolute Gasteiger partial charge is 0.497 e. The highest BCUT2D eigenvalue weighted by molar-refractivity contribution is 5.80. The van der Waals surface area contributed by atoms with Gasteiger partial charge in [-0.05, 0) is 43.8 Å². The minimum Gasteiger partial charge on any atom is -0.497 e. The van der Waals surface area contributed by atoms with Crippen LogP contribution in [0.5, 0.6) is 5.75 Å². The number of likely N-dealkylation sites (tertiary alicyclic amines) is 1. The molecule has 1 aromatic carbocycles. The van der Waals surface area contributed by atoms with E-state index in [1.807, 2.05) is 37.1 Å². The van der Waals surface area contributed by atoms with Gasteiger partial charge in [0.15, 0.2) is 5.96 Å². The fourth-order valence-corrected chi connectivity index (χ4v) is 3.84. The zero-order chi connectivity index (χ0) is 20.1. The number of nitrogens with zero attached hydrogens (tertiary/aromatic N) is 5. The Labute approximate surface area is 168 Å². The Kier molecular flexibility index (Phi) is 6.57. The molecule has 7 nitrogen and oxygen atoms in total. The molecule has 2 heterocycles. The van der Waals surface area contributed by atoms with Gasteiger partial charge in [0.1, 0.15) is 5.75 Å². The number of hydrogen-bond acceptors (Lipinski definition) is 4. The average Bonchev–Trinajstić information content (AvgIpc) is 3.34. The summed E-state index contributed by atoms with van der Waals surface area (Å²) in [4.78, 5) is 9.09. The van der Waals surface area contributed by atoms with Crippen LogP contribution in [0.15, 0.2) is 41.7 Å². The molecule has 3 rings (SSSR count). The van der Waals surface area contributed by atoms with E-state index in [1.54, 1.807) is 7.11 Å². The van der Waals surface area contributed by atoms with Crippen LogP contribution in [0.1, 0.15) is 29.5 Å². The van der Waals surface area contributed by atoms with Gasteiger partial charge in [-0.2, -0.15) is 5.10 Å². The van der Waals surface area contributed by atoms with Crippen LogP contribution in [0.4, 0.5) is 0 Å². The van der Waals surface area contributed by atoms with Crippen molar-refractivity contribution >= 4 is 5.96 Å². The SMILES string of the molecule is CN=C(NCC(c1cccc(OC)c1)N(C)C)N1CCC(c2cnn(C)c2)C1. The third kappa shape index (κ3) is 4.65. The van der Waals surface area contributed by atoms with Crippen molar-refractivity contribution in [3.05, 3.63) is 47.8 Å². The van der Waals surface area contributed by atoms with Crippen molar-refractivity contribution in [3.8, 4) is 5.75 Å². The highest BCUT2D eigenvalue weighted by Crippen LogP contribution is 2.27. The molecule has 1 aromatic heterocycles. The Morgan fingerprint density at radius 3 is 2.89 bits per heavy atom. The maximum Gasteiger partial charge on any atom is 0.193 e. The van der Waals surface area contributed by atoms with E-state index < -0.39 is 0 Å². The van der Waals surface area contributed by atoms with Gasteiger partial charge < -0.3 is 19.9 Å². The third-order valence-electron chi connectivity index (χ3n) is 5.45. The highest BCUT2D eigenvalue weighted by Gasteiger charge is 2.27. The quantitative estimate of drug-likeness (QED) is 0.611. The first-order valence-electron chi connectivity index (χ1n) is 9.76. The molecule has 0 radical (unpaired) electrons. The molecule has 152 valence electrons. The van der Waals surface area contributed by atoms with E-state index in [0.717, 1.165) is 37.8 Å². The molecule has 1 saturated heterocycles. The lowest BCUT2D eigenvalue weighted by Gasteiger charge is -2.28. The number of nitrogens with one attached hydrogen (secondary N) is 1. The van der Waals surface area contributed by atoms with E-state index in [9.17, 15) is 0 Å². The summed E-state index contributed by atoms with van der Waals surface area (Å²) in [5, 5.41) is 7.89. The van der Waals surface area contributed by atoms with Crippen LogP contribution in [0.3, 0.4) is 0 Å². The molecule has 7 heteroatoms. The van der Waals surface area contributed by atoms with Crippen LogP contribution in [0, 0.1) is 0 Å². The summed E-state index contributed by atoms with van der Waals surface area (Å²) in [6, 6.07) is 8.49. The number of rotatable bonds is 6. The molecule has 1 aliphatic heterocycles. The number of aryl methyl sites for hydroxylation is 1. The summed E-state index contributed by atoms with van der Waals surface area (Å²) in [6.07, 6.45) is 5.23. The highest BCUT2D eigenvalue weighted by atomic mass is 16.5. The predicted molar refractivity (Wildman–Crippen MR) is 113 cm³/mol. The Bertz CT molecular complexity index is 800. The summed E-state index contributed by atoms with van der Waals surface area (Å²) in [5.74, 6) is 2.35. The number of hydrogen-bond donors (Lipinski definition) is 1. The van der Waals surface area contributed by atoms with Gasteiger partial charge >= 0.3 is 0 Å². The van der Waals surface area contributed by atoms with Gasteiger partial charge in [0.25, 0.3) is 0 Å². The first kappa shape index (κ1) is 20.2. The minimum atomic E-state index is 0.226. The summed E-state index contributed by atoms with van der Waals surface area (Å²) in [5.41, 5.74) is 2.53. The number of methoxy groups -OCH3 is 1. The normalized spacial score (nSPS) is 18.6. The smallest absolute Gasteiger partial charge is 0.193 e. The van der Waals surface area contributed by atoms with E-state index in [1.165, 1.54) is 11.1 Å².